The molecule has 0 aliphatic heterocycles. The van der Waals surface area contributed by atoms with Gasteiger partial charge in [0.1, 0.15) is 0 Å². The van der Waals surface area contributed by atoms with Gasteiger partial charge in [-0.3, -0.25) is 4.79 Å². The fourth-order valence-electron chi connectivity index (χ4n) is 2.38. The number of benzene rings is 2. The van der Waals surface area contributed by atoms with E-state index in [0.29, 0.717) is 0 Å². The standard InChI is InChI=1S/C20H19NOS2/c1-15-9-11-16(12-10-15)21(2)20(22)18-7-3-4-8-19(18)24-14-17-6-5-13-23-17/h3-13H,14H2,1-2H3. The number of nitrogens with zero attached hydrogens (tertiary/aromatic N) is 1. The van der Waals surface area contributed by atoms with Crippen molar-refractivity contribution >= 4 is 34.7 Å². The number of aryl methyl sites for hydroxylation is 1. The molecule has 0 spiro atoms. The molecule has 0 aliphatic rings. The van der Waals surface area contributed by atoms with Crippen molar-refractivity contribution in [2.24, 2.45) is 0 Å². The Morgan fingerprint density at radius 3 is 2.50 bits per heavy atom. The summed E-state index contributed by atoms with van der Waals surface area (Å²) in [7, 11) is 1.83. The monoisotopic (exact) mass is 353 g/mol. The number of hydrogen-bond donors (Lipinski definition) is 0. The van der Waals surface area contributed by atoms with E-state index >= 15 is 0 Å². The first-order valence-corrected chi connectivity index (χ1v) is 9.60. The van der Waals surface area contributed by atoms with E-state index in [0.717, 1.165) is 21.9 Å². The quantitative estimate of drug-likeness (QED) is 0.554. The highest BCUT2D eigenvalue weighted by molar-refractivity contribution is 7.98. The molecule has 3 rings (SSSR count). The van der Waals surface area contributed by atoms with Crippen molar-refractivity contribution in [3.8, 4) is 0 Å². The second-order valence-electron chi connectivity index (χ2n) is 5.56. The molecule has 4 heteroatoms. The molecule has 0 radical (unpaired) electrons. The third-order valence-corrected chi connectivity index (χ3v) is 5.97. The number of anilines is 1. The van der Waals surface area contributed by atoms with Gasteiger partial charge in [-0.2, -0.15) is 0 Å². The van der Waals surface area contributed by atoms with Crippen LogP contribution in [-0.2, 0) is 5.75 Å². The maximum atomic E-state index is 12.9. The summed E-state index contributed by atoms with van der Waals surface area (Å²) in [6, 6.07) is 20.0. The highest BCUT2D eigenvalue weighted by atomic mass is 32.2. The zero-order valence-corrected chi connectivity index (χ0v) is 15.4. The van der Waals surface area contributed by atoms with Crippen LogP contribution in [0.25, 0.3) is 0 Å². The number of carbonyl (C=O) groups is 1. The number of thiophene rings is 1. The number of rotatable bonds is 5. The molecular weight excluding hydrogens is 334 g/mol. The Hall–Kier alpha value is -2.04. The van der Waals surface area contributed by atoms with Crippen molar-refractivity contribution in [1.82, 2.24) is 0 Å². The fourth-order valence-corrected chi connectivity index (χ4v) is 4.20. The molecule has 1 amide bonds. The minimum Gasteiger partial charge on any atom is -0.311 e. The van der Waals surface area contributed by atoms with Gasteiger partial charge < -0.3 is 4.90 Å². The van der Waals surface area contributed by atoms with E-state index in [9.17, 15) is 4.79 Å². The lowest BCUT2D eigenvalue weighted by atomic mass is 10.1. The maximum Gasteiger partial charge on any atom is 0.259 e. The average Bonchev–Trinajstić information content (AvgIpc) is 3.13. The summed E-state index contributed by atoms with van der Waals surface area (Å²) in [5, 5.41) is 2.08. The molecule has 0 fully saturated rings. The van der Waals surface area contributed by atoms with E-state index in [4.69, 9.17) is 0 Å². The van der Waals surface area contributed by atoms with Crippen molar-refractivity contribution in [3.05, 3.63) is 82.0 Å². The van der Waals surface area contributed by atoms with Crippen LogP contribution in [0.5, 0.6) is 0 Å². The first-order valence-electron chi connectivity index (χ1n) is 7.74. The predicted molar refractivity (Wildman–Crippen MR) is 104 cm³/mol. The topological polar surface area (TPSA) is 20.3 Å². The molecule has 0 aliphatic carbocycles. The Kier molecular flexibility index (Phi) is 5.38. The Balaban J connectivity index is 1.80. The van der Waals surface area contributed by atoms with Crippen LogP contribution >= 0.6 is 23.1 Å². The van der Waals surface area contributed by atoms with Crippen LogP contribution in [0.15, 0.2) is 70.9 Å². The SMILES string of the molecule is Cc1ccc(N(C)C(=O)c2ccccc2SCc2cccs2)cc1. The molecule has 2 nitrogen and oxygen atoms in total. The zero-order chi connectivity index (χ0) is 16.9. The average molecular weight is 354 g/mol. The van der Waals surface area contributed by atoms with Crippen LogP contribution in [0.4, 0.5) is 5.69 Å². The van der Waals surface area contributed by atoms with Gasteiger partial charge in [0, 0.05) is 28.3 Å². The predicted octanol–water partition coefficient (Wildman–Crippen LogP) is 5.63. The minimum atomic E-state index is 0.0214. The van der Waals surface area contributed by atoms with Crippen LogP contribution in [0.3, 0.4) is 0 Å². The zero-order valence-electron chi connectivity index (χ0n) is 13.7. The Morgan fingerprint density at radius 2 is 1.79 bits per heavy atom. The third kappa shape index (κ3) is 3.89. The first kappa shape index (κ1) is 16.8. The fraction of sp³-hybridized carbons (Fsp3) is 0.150. The molecule has 24 heavy (non-hydrogen) atoms. The number of carbonyl (C=O) groups excluding carboxylic acids is 1. The lowest BCUT2D eigenvalue weighted by Crippen LogP contribution is -2.26. The van der Waals surface area contributed by atoms with Crippen LogP contribution < -0.4 is 4.90 Å². The van der Waals surface area contributed by atoms with Crippen LogP contribution in [0.1, 0.15) is 20.8 Å². The van der Waals surface area contributed by atoms with Crippen molar-refractivity contribution in [3.63, 3.8) is 0 Å². The van der Waals surface area contributed by atoms with E-state index < -0.39 is 0 Å². The Morgan fingerprint density at radius 1 is 1.04 bits per heavy atom. The van der Waals surface area contributed by atoms with Crippen molar-refractivity contribution in [2.75, 3.05) is 11.9 Å². The van der Waals surface area contributed by atoms with Crippen LogP contribution in [0.2, 0.25) is 0 Å². The summed E-state index contributed by atoms with van der Waals surface area (Å²) in [5.41, 5.74) is 2.84. The smallest absolute Gasteiger partial charge is 0.259 e. The number of amides is 1. The summed E-state index contributed by atoms with van der Waals surface area (Å²) in [6.07, 6.45) is 0. The molecule has 2 aromatic carbocycles. The molecule has 1 aromatic heterocycles. The molecule has 0 N–H and O–H groups in total. The van der Waals surface area contributed by atoms with Gasteiger partial charge in [-0.05, 0) is 42.6 Å². The largest absolute Gasteiger partial charge is 0.311 e. The summed E-state index contributed by atoms with van der Waals surface area (Å²) in [5.74, 6) is 0.907. The van der Waals surface area contributed by atoms with Crippen molar-refractivity contribution in [2.45, 2.75) is 17.6 Å². The highest BCUT2D eigenvalue weighted by Crippen LogP contribution is 2.29. The van der Waals surface area contributed by atoms with E-state index in [1.807, 2.05) is 62.5 Å². The van der Waals surface area contributed by atoms with Gasteiger partial charge in [0.15, 0.2) is 0 Å². The third-order valence-electron chi connectivity index (χ3n) is 3.79. The second kappa shape index (κ2) is 7.69. The van der Waals surface area contributed by atoms with Crippen molar-refractivity contribution in [1.29, 1.82) is 0 Å². The summed E-state index contributed by atoms with van der Waals surface area (Å²) >= 11 is 3.46. The van der Waals surface area contributed by atoms with Gasteiger partial charge in [0.05, 0.1) is 5.56 Å². The van der Waals surface area contributed by atoms with E-state index in [2.05, 4.69) is 17.5 Å². The number of thioether (sulfide) groups is 1. The highest BCUT2D eigenvalue weighted by Gasteiger charge is 2.17. The molecule has 0 saturated heterocycles. The molecule has 0 unspecified atom stereocenters. The number of hydrogen-bond acceptors (Lipinski definition) is 3. The van der Waals surface area contributed by atoms with Crippen LogP contribution in [-0.4, -0.2) is 13.0 Å². The molecule has 0 saturated carbocycles. The molecular formula is C20H19NOS2. The maximum absolute atomic E-state index is 12.9. The minimum absolute atomic E-state index is 0.0214. The lowest BCUT2D eigenvalue weighted by Gasteiger charge is -2.19. The summed E-state index contributed by atoms with van der Waals surface area (Å²) in [6.45, 7) is 2.04. The van der Waals surface area contributed by atoms with Gasteiger partial charge >= 0.3 is 0 Å². The van der Waals surface area contributed by atoms with E-state index in [-0.39, 0.29) is 5.91 Å². The first-order chi connectivity index (χ1) is 11.6. The molecule has 3 aromatic rings. The van der Waals surface area contributed by atoms with E-state index in [1.54, 1.807) is 28.0 Å². The molecule has 1 heterocycles. The Bertz CT molecular complexity index is 810. The van der Waals surface area contributed by atoms with Gasteiger partial charge in [-0.25, -0.2) is 0 Å². The van der Waals surface area contributed by atoms with Crippen molar-refractivity contribution < 1.29 is 4.79 Å². The van der Waals surface area contributed by atoms with Gasteiger partial charge in [-0.1, -0.05) is 35.9 Å². The summed E-state index contributed by atoms with van der Waals surface area (Å²) < 4.78 is 0. The lowest BCUT2D eigenvalue weighted by molar-refractivity contribution is 0.0990. The summed E-state index contributed by atoms with van der Waals surface area (Å²) in [4.78, 5) is 17.0. The molecule has 0 bridgehead atoms. The van der Waals surface area contributed by atoms with Gasteiger partial charge in [0.2, 0.25) is 0 Å². The van der Waals surface area contributed by atoms with E-state index in [1.165, 1.54) is 10.4 Å². The second-order valence-corrected chi connectivity index (χ2v) is 7.61. The van der Waals surface area contributed by atoms with Gasteiger partial charge in [-0.15, -0.1) is 23.1 Å². The van der Waals surface area contributed by atoms with Crippen LogP contribution in [0, 0.1) is 6.92 Å². The molecule has 0 atom stereocenters. The van der Waals surface area contributed by atoms with Gasteiger partial charge in [0.25, 0.3) is 5.91 Å². The normalized spacial score (nSPS) is 10.6. The molecule has 122 valence electrons. The Labute approximate surface area is 151 Å².